The normalized spacial score (nSPS) is 10.7. The minimum atomic E-state index is -4.40. The molecular formula is C14H13F4NO2. The first-order valence-electron chi connectivity index (χ1n) is 6.03. The number of benzene rings is 1. The molecule has 0 bridgehead atoms. The van der Waals surface area contributed by atoms with Crippen molar-refractivity contribution in [2.75, 3.05) is 6.61 Å². The lowest BCUT2D eigenvalue weighted by molar-refractivity contribution is -0.144. The van der Waals surface area contributed by atoms with Gasteiger partial charge < -0.3 is 10.4 Å². The van der Waals surface area contributed by atoms with Gasteiger partial charge in [0.15, 0.2) is 0 Å². The molecule has 0 heterocycles. The third-order valence-corrected chi connectivity index (χ3v) is 2.47. The van der Waals surface area contributed by atoms with Crippen molar-refractivity contribution in [3.05, 3.63) is 35.1 Å². The van der Waals surface area contributed by atoms with Gasteiger partial charge in [-0.1, -0.05) is 11.8 Å². The molecule has 3 nitrogen and oxygen atoms in total. The SMILES string of the molecule is O=C(CCC(F)(F)F)NCc1cc(C#CCO)ccc1F. The number of carbonyl (C=O) groups excluding carboxylic acids is 1. The van der Waals surface area contributed by atoms with Crippen LogP contribution in [0.3, 0.4) is 0 Å². The molecule has 0 saturated carbocycles. The summed E-state index contributed by atoms with van der Waals surface area (Å²) in [5, 5.41) is 10.8. The van der Waals surface area contributed by atoms with E-state index in [9.17, 15) is 22.4 Å². The molecule has 1 aromatic carbocycles. The second-order valence-electron chi connectivity index (χ2n) is 4.16. The Morgan fingerprint density at radius 1 is 1.33 bits per heavy atom. The van der Waals surface area contributed by atoms with E-state index in [4.69, 9.17) is 5.11 Å². The van der Waals surface area contributed by atoms with Crippen LogP contribution in [0.2, 0.25) is 0 Å². The molecule has 1 aromatic rings. The lowest BCUT2D eigenvalue weighted by Gasteiger charge is -2.08. The lowest BCUT2D eigenvalue weighted by Crippen LogP contribution is -2.25. The van der Waals surface area contributed by atoms with E-state index in [2.05, 4.69) is 17.2 Å². The molecule has 0 aliphatic rings. The number of alkyl halides is 3. The van der Waals surface area contributed by atoms with E-state index in [-0.39, 0.29) is 18.7 Å². The number of aliphatic hydroxyl groups excluding tert-OH is 1. The van der Waals surface area contributed by atoms with E-state index < -0.39 is 30.7 Å². The average Bonchev–Trinajstić information content (AvgIpc) is 2.42. The van der Waals surface area contributed by atoms with Gasteiger partial charge in [0.1, 0.15) is 12.4 Å². The zero-order valence-corrected chi connectivity index (χ0v) is 10.9. The molecule has 114 valence electrons. The molecule has 21 heavy (non-hydrogen) atoms. The molecule has 0 saturated heterocycles. The second kappa shape index (κ2) is 7.64. The zero-order valence-electron chi connectivity index (χ0n) is 10.9. The first kappa shape index (κ1) is 17.0. The van der Waals surface area contributed by atoms with Gasteiger partial charge in [-0.2, -0.15) is 13.2 Å². The number of hydrogen-bond acceptors (Lipinski definition) is 2. The number of carbonyl (C=O) groups is 1. The highest BCUT2D eigenvalue weighted by molar-refractivity contribution is 5.75. The van der Waals surface area contributed by atoms with E-state index in [0.29, 0.717) is 5.56 Å². The lowest BCUT2D eigenvalue weighted by atomic mass is 10.1. The minimum absolute atomic E-state index is 0.111. The van der Waals surface area contributed by atoms with E-state index in [1.807, 2.05) is 0 Å². The fourth-order valence-corrected chi connectivity index (χ4v) is 1.47. The molecule has 1 rings (SSSR count). The Morgan fingerprint density at radius 2 is 2.05 bits per heavy atom. The maximum absolute atomic E-state index is 13.5. The quantitative estimate of drug-likeness (QED) is 0.661. The van der Waals surface area contributed by atoms with Crippen molar-refractivity contribution in [1.82, 2.24) is 5.32 Å². The number of rotatable bonds is 4. The van der Waals surface area contributed by atoms with Crippen molar-refractivity contribution < 1.29 is 27.5 Å². The second-order valence-corrected chi connectivity index (χ2v) is 4.16. The maximum Gasteiger partial charge on any atom is 0.389 e. The van der Waals surface area contributed by atoms with Gasteiger partial charge >= 0.3 is 6.18 Å². The summed E-state index contributed by atoms with van der Waals surface area (Å²) >= 11 is 0. The maximum atomic E-state index is 13.5. The molecule has 0 unspecified atom stereocenters. The van der Waals surface area contributed by atoms with E-state index >= 15 is 0 Å². The summed E-state index contributed by atoms with van der Waals surface area (Å²) in [5.41, 5.74) is 0.546. The van der Waals surface area contributed by atoms with Crippen molar-refractivity contribution in [3.8, 4) is 11.8 Å². The summed E-state index contributed by atoms with van der Waals surface area (Å²) in [4.78, 5) is 11.2. The van der Waals surface area contributed by atoms with Crippen LogP contribution in [0.25, 0.3) is 0 Å². The molecule has 0 radical (unpaired) electrons. The van der Waals surface area contributed by atoms with Crippen LogP contribution in [0.4, 0.5) is 17.6 Å². The summed E-state index contributed by atoms with van der Waals surface area (Å²) in [6, 6.07) is 3.90. The molecule has 0 aliphatic carbocycles. The Hall–Kier alpha value is -2.07. The van der Waals surface area contributed by atoms with Crippen LogP contribution in [0, 0.1) is 17.7 Å². The minimum Gasteiger partial charge on any atom is -0.384 e. The van der Waals surface area contributed by atoms with E-state index in [0.717, 1.165) is 6.07 Å². The molecule has 1 amide bonds. The van der Waals surface area contributed by atoms with Crippen molar-refractivity contribution in [2.24, 2.45) is 0 Å². The smallest absolute Gasteiger partial charge is 0.384 e. The summed E-state index contributed by atoms with van der Waals surface area (Å²) in [6.07, 6.45) is -6.32. The first-order chi connectivity index (χ1) is 9.81. The zero-order chi connectivity index (χ0) is 15.9. The highest BCUT2D eigenvalue weighted by Crippen LogP contribution is 2.21. The third-order valence-electron chi connectivity index (χ3n) is 2.47. The average molecular weight is 303 g/mol. The Labute approximate surface area is 119 Å². The summed E-state index contributed by atoms with van der Waals surface area (Å²) in [7, 11) is 0. The van der Waals surface area contributed by atoms with Crippen molar-refractivity contribution in [3.63, 3.8) is 0 Å². The van der Waals surface area contributed by atoms with Crippen molar-refractivity contribution in [1.29, 1.82) is 0 Å². The Morgan fingerprint density at radius 3 is 2.67 bits per heavy atom. The highest BCUT2D eigenvalue weighted by Gasteiger charge is 2.27. The number of halogens is 4. The Kier molecular flexibility index (Phi) is 6.18. The highest BCUT2D eigenvalue weighted by atomic mass is 19.4. The molecule has 0 fully saturated rings. The van der Waals surface area contributed by atoms with Crippen LogP contribution < -0.4 is 5.32 Å². The molecule has 2 N–H and O–H groups in total. The Balaban J connectivity index is 2.60. The monoisotopic (exact) mass is 303 g/mol. The van der Waals surface area contributed by atoms with Gasteiger partial charge in [-0.3, -0.25) is 4.79 Å². The number of hydrogen-bond donors (Lipinski definition) is 2. The van der Waals surface area contributed by atoms with Crippen LogP contribution in [-0.2, 0) is 11.3 Å². The molecule has 0 spiro atoms. The summed E-state index contributed by atoms with van der Waals surface area (Å²) in [5.74, 6) is 3.55. The third kappa shape index (κ3) is 6.77. The topological polar surface area (TPSA) is 49.3 Å². The van der Waals surface area contributed by atoms with Gasteiger partial charge in [0.25, 0.3) is 0 Å². The van der Waals surface area contributed by atoms with E-state index in [1.165, 1.54) is 12.1 Å². The number of nitrogens with one attached hydrogen (secondary N) is 1. The standard InChI is InChI=1S/C14H13F4NO2/c15-12-4-3-10(2-1-7-20)8-11(12)9-19-13(21)5-6-14(16,17)18/h3-4,8,20H,5-7,9H2,(H,19,21). The largest absolute Gasteiger partial charge is 0.389 e. The van der Waals surface area contributed by atoms with Gasteiger partial charge in [-0.15, -0.1) is 0 Å². The van der Waals surface area contributed by atoms with Gasteiger partial charge in [0, 0.05) is 24.1 Å². The first-order valence-corrected chi connectivity index (χ1v) is 6.03. The fourth-order valence-electron chi connectivity index (χ4n) is 1.47. The predicted octanol–water partition coefficient (Wildman–Crippen LogP) is 2.13. The van der Waals surface area contributed by atoms with Crippen LogP contribution in [0.5, 0.6) is 0 Å². The Bertz CT molecular complexity index is 558. The van der Waals surface area contributed by atoms with Gasteiger partial charge in [-0.05, 0) is 18.2 Å². The van der Waals surface area contributed by atoms with E-state index in [1.54, 1.807) is 0 Å². The van der Waals surface area contributed by atoms with Crippen LogP contribution in [0.1, 0.15) is 24.0 Å². The van der Waals surface area contributed by atoms with Gasteiger partial charge in [0.05, 0.1) is 6.42 Å². The summed E-state index contributed by atoms with van der Waals surface area (Å²) in [6.45, 7) is -0.571. The van der Waals surface area contributed by atoms with Gasteiger partial charge in [0.2, 0.25) is 5.91 Å². The van der Waals surface area contributed by atoms with Crippen molar-refractivity contribution in [2.45, 2.75) is 25.6 Å². The molecular weight excluding hydrogens is 290 g/mol. The van der Waals surface area contributed by atoms with Crippen LogP contribution in [0.15, 0.2) is 18.2 Å². The van der Waals surface area contributed by atoms with Crippen LogP contribution in [-0.4, -0.2) is 23.8 Å². The van der Waals surface area contributed by atoms with Crippen LogP contribution >= 0.6 is 0 Å². The molecule has 0 aromatic heterocycles. The van der Waals surface area contributed by atoms with Gasteiger partial charge in [-0.25, -0.2) is 4.39 Å². The molecule has 7 heteroatoms. The number of aliphatic hydroxyl groups is 1. The predicted molar refractivity (Wildman–Crippen MR) is 67.5 cm³/mol. The number of amides is 1. The molecule has 0 aliphatic heterocycles. The fraction of sp³-hybridized carbons (Fsp3) is 0.357. The van der Waals surface area contributed by atoms with Crippen molar-refractivity contribution >= 4 is 5.91 Å². The molecule has 0 atom stereocenters. The summed E-state index contributed by atoms with van der Waals surface area (Å²) < 4.78 is 49.3.